The van der Waals surface area contributed by atoms with Crippen LogP contribution in [0.3, 0.4) is 0 Å². The molecular formula is C16H24FNO. The highest BCUT2D eigenvalue weighted by Crippen LogP contribution is 2.32. The SMILES string of the molecule is CC(N)c1ccc(OC2CCC(C)C(C)C2)cc1F. The third-order valence-electron chi connectivity index (χ3n) is 4.32. The molecule has 1 aromatic rings. The Hall–Kier alpha value is -1.09. The third kappa shape index (κ3) is 3.47. The van der Waals surface area contributed by atoms with E-state index in [4.69, 9.17) is 10.5 Å². The normalized spacial score (nSPS) is 29.0. The zero-order chi connectivity index (χ0) is 14.0. The van der Waals surface area contributed by atoms with Gasteiger partial charge in [0.2, 0.25) is 0 Å². The summed E-state index contributed by atoms with van der Waals surface area (Å²) in [6, 6.07) is 4.72. The van der Waals surface area contributed by atoms with Gasteiger partial charge in [-0.3, -0.25) is 0 Å². The molecule has 0 bridgehead atoms. The minimum atomic E-state index is -0.287. The molecule has 106 valence electrons. The lowest BCUT2D eigenvalue weighted by atomic mass is 9.80. The second-order valence-corrected chi connectivity index (χ2v) is 5.98. The summed E-state index contributed by atoms with van der Waals surface area (Å²) in [5, 5.41) is 0. The van der Waals surface area contributed by atoms with Crippen LogP contribution in [0.1, 0.15) is 51.6 Å². The fraction of sp³-hybridized carbons (Fsp3) is 0.625. The van der Waals surface area contributed by atoms with Gasteiger partial charge in [0.25, 0.3) is 0 Å². The van der Waals surface area contributed by atoms with E-state index in [9.17, 15) is 4.39 Å². The summed E-state index contributed by atoms with van der Waals surface area (Å²) in [5.41, 5.74) is 6.24. The maximum atomic E-state index is 13.8. The molecule has 0 heterocycles. The van der Waals surface area contributed by atoms with Crippen molar-refractivity contribution in [1.82, 2.24) is 0 Å². The van der Waals surface area contributed by atoms with E-state index in [1.54, 1.807) is 13.0 Å². The zero-order valence-electron chi connectivity index (χ0n) is 12.0. The van der Waals surface area contributed by atoms with E-state index in [0.717, 1.165) is 18.8 Å². The van der Waals surface area contributed by atoms with Gasteiger partial charge < -0.3 is 10.5 Å². The van der Waals surface area contributed by atoms with Crippen molar-refractivity contribution >= 4 is 0 Å². The molecule has 0 radical (unpaired) electrons. The topological polar surface area (TPSA) is 35.2 Å². The van der Waals surface area contributed by atoms with Crippen LogP contribution in [0.15, 0.2) is 18.2 Å². The lowest BCUT2D eigenvalue weighted by Crippen LogP contribution is -2.28. The Morgan fingerprint density at radius 2 is 2.00 bits per heavy atom. The van der Waals surface area contributed by atoms with Crippen LogP contribution in [0.25, 0.3) is 0 Å². The lowest BCUT2D eigenvalue weighted by Gasteiger charge is -2.32. The van der Waals surface area contributed by atoms with Gasteiger partial charge in [0.15, 0.2) is 0 Å². The number of ether oxygens (including phenoxy) is 1. The molecule has 1 aliphatic rings. The molecule has 0 amide bonds. The highest BCUT2D eigenvalue weighted by atomic mass is 19.1. The quantitative estimate of drug-likeness (QED) is 0.895. The Bertz CT molecular complexity index is 433. The van der Waals surface area contributed by atoms with Crippen LogP contribution >= 0.6 is 0 Å². The zero-order valence-corrected chi connectivity index (χ0v) is 12.0. The molecule has 4 unspecified atom stereocenters. The molecule has 2 rings (SSSR count). The van der Waals surface area contributed by atoms with Crippen LogP contribution in [0.4, 0.5) is 4.39 Å². The van der Waals surface area contributed by atoms with Crippen molar-refractivity contribution in [2.45, 2.75) is 52.2 Å². The van der Waals surface area contributed by atoms with Gasteiger partial charge in [-0.05, 0) is 44.1 Å². The molecule has 1 saturated carbocycles. The Labute approximate surface area is 115 Å². The first kappa shape index (κ1) is 14.3. The second kappa shape index (κ2) is 5.91. The lowest BCUT2D eigenvalue weighted by molar-refractivity contribution is 0.100. The van der Waals surface area contributed by atoms with Gasteiger partial charge in [0.05, 0.1) is 6.10 Å². The summed E-state index contributed by atoms with van der Waals surface area (Å²) in [5.74, 6) is 1.78. The number of nitrogens with two attached hydrogens (primary N) is 1. The molecule has 1 aromatic carbocycles. The minimum absolute atomic E-state index is 0.215. The van der Waals surface area contributed by atoms with E-state index in [1.807, 2.05) is 6.07 Å². The third-order valence-corrected chi connectivity index (χ3v) is 4.32. The van der Waals surface area contributed by atoms with E-state index in [2.05, 4.69) is 13.8 Å². The van der Waals surface area contributed by atoms with E-state index >= 15 is 0 Å². The molecule has 2 nitrogen and oxygen atoms in total. The average Bonchev–Trinajstić information content (AvgIpc) is 2.33. The fourth-order valence-corrected chi connectivity index (χ4v) is 2.75. The largest absolute Gasteiger partial charge is 0.490 e. The van der Waals surface area contributed by atoms with Crippen LogP contribution in [0, 0.1) is 17.7 Å². The fourth-order valence-electron chi connectivity index (χ4n) is 2.75. The monoisotopic (exact) mass is 265 g/mol. The Morgan fingerprint density at radius 3 is 2.58 bits per heavy atom. The standard InChI is InChI=1S/C16H24FNO/c1-10-4-5-13(8-11(10)2)19-14-6-7-15(12(3)18)16(17)9-14/h6-7,9-13H,4-5,8,18H2,1-3H3. The number of benzene rings is 1. The average molecular weight is 265 g/mol. The highest BCUT2D eigenvalue weighted by molar-refractivity contribution is 5.30. The molecule has 0 aliphatic heterocycles. The summed E-state index contributed by atoms with van der Waals surface area (Å²) in [6.45, 7) is 6.33. The Balaban J connectivity index is 2.02. The van der Waals surface area contributed by atoms with E-state index in [1.165, 1.54) is 12.5 Å². The molecule has 0 aromatic heterocycles. The van der Waals surface area contributed by atoms with Gasteiger partial charge in [0.1, 0.15) is 11.6 Å². The van der Waals surface area contributed by atoms with Crippen molar-refractivity contribution in [2.24, 2.45) is 17.6 Å². The molecule has 4 atom stereocenters. The minimum Gasteiger partial charge on any atom is -0.490 e. The van der Waals surface area contributed by atoms with Crippen molar-refractivity contribution in [1.29, 1.82) is 0 Å². The van der Waals surface area contributed by atoms with Crippen molar-refractivity contribution in [3.05, 3.63) is 29.6 Å². The van der Waals surface area contributed by atoms with Crippen molar-refractivity contribution in [3.63, 3.8) is 0 Å². The predicted octanol–water partition coefficient (Wildman–Crippen LogP) is 4.05. The number of hydrogen-bond donors (Lipinski definition) is 1. The molecule has 0 spiro atoms. The first-order valence-corrected chi connectivity index (χ1v) is 7.19. The summed E-state index contributed by atoms with van der Waals surface area (Å²) < 4.78 is 19.7. The van der Waals surface area contributed by atoms with Crippen molar-refractivity contribution in [2.75, 3.05) is 0 Å². The molecule has 3 heteroatoms. The summed E-state index contributed by atoms with van der Waals surface area (Å²) in [4.78, 5) is 0. The van der Waals surface area contributed by atoms with Gasteiger partial charge in [-0.25, -0.2) is 4.39 Å². The molecule has 1 aliphatic carbocycles. The second-order valence-electron chi connectivity index (χ2n) is 5.98. The first-order chi connectivity index (χ1) is 8.97. The van der Waals surface area contributed by atoms with E-state index in [-0.39, 0.29) is 18.0 Å². The van der Waals surface area contributed by atoms with Gasteiger partial charge >= 0.3 is 0 Å². The number of halogens is 1. The molecular weight excluding hydrogens is 241 g/mol. The number of rotatable bonds is 3. The molecule has 1 fully saturated rings. The van der Waals surface area contributed by atoms with E-state index in [0.29, 0.717) is 17.2 Å². The van der Waals surface area contributed by atoms with Gasteiger partial charge in [-0.2, -0.15) is 0 Å². The molecule has 19 heavy (non-hydrogen) atoms. The molecule has 2 N–H and O–H groups in total. The smallest absolute Gasteiger partial charge is 0.131 e. The van der Waals surface area contributed by atoms with Crippen molar-refractivity contribution in [3.8, 4) is 5.75 Å². The maximum Gasteiger partial charge on any atom is 0.131 e. The van der Waals surface area contributed by atoms with Gasteiger partial charge in [-0.15, -0.1) is 0 Å². The van der Waals surface area contributed by atoms with Crippen LogP contribution in [-0.2, 0) is 0 Å². The van der Waals surface area contributed by atoms with Crippen molar-refractivity contribution < 1.29 is 9.13 Å². The van der Waals surface area contributed by atoms with E-state index < -0.39 is 0 Å². The van der Waals surface area contributed by atoms with Crippen LogP contribution in [-0.4, -0.2) is 6.10 Å². The predicted molar refractivity (Wildman–Crippen MR) is 75.6 cm³/mol. The number of hydrogen-bond acceptors (Lipinski definition) is 2. The highest BCUT2D eigenvalue weighted by Gasteiger charge is 2.25. The Kier molecular flexibility index (Phi) is 4.46. The Morgan fingerprint density at radius 1 is 1.26 bits per heavy atom. The summed E-state index contributed by atoms with van der Waals surface area (Å²) in [7, 11) is 0. The summed E-state index contributed by atoms with van der Waals surface area (Å²) in [6.07, 6.45) is 3.51. The summed E-state index contributed by atoms with van der Waals surface area (Å²) >= 11 is 0. The van der Waals surface area contributed by atoms with Gasteiger partial charge in [-0.1, -0.05) is 19.9 Å². The van der Waals surface area contributed by atoms with Gasteiger partial charge in [0, 0.05) is 17.7 Å². The first-order valence-electron chi connectivity index (χ1n) is 7.19. The maximum absolute atomic E-state index is 13.8. The van der Waals surface area contributed by atoms with Crippen LogP contribution in [0.2, 0.25) is 0 Å². The van der Waals surface area contributed by atoms with Crippen LogP contribution < -0.4 is 10.5 Å². The molecule has 0 saturated heterocycles. The van der Waals surface area contributed by atoms with Crippen LogP contribution in [0.5, 0.6) is 5.75 Å².